The second-order valence-corrected chi connectivity index (χ2v) is 7.79. The number of halogens is 1. The van der Waals surface area contributed by atoms with Crippen molar-refractivity contribution in [3.63, 3.8) is 0 Å². The van der Waals surface area contributed by atoms with Gasteiger partial charge in [0.15, 0.2) is 6.61 Å². The molecular weight excluding hydrogens is 442 g/mol. The Labute approximate surface area is 175 Å². The summed E-state index contributed by atoms with van der Waals surface area (Å²) in [6, 6.07) is 18.4. The molecular formula is C21H18BrNO4S. The van der Waals surface area contributed by atoms with Crippen molar-refractivity contribution in [1.29, 1.82) is 0 Å². The second kappa shape index (κ2) is 10.1. The molecule has 3 aromatic rings. The van der Waals surface area contributed by atoms with Crippen LogP contribution >= 0.6 is 27.3 Å². The highest BCUT2D eigenvalue weighted by atomic mass is 79.9. The number of para-hydroxylation sites is 1. The van der Waals surface area contributed by atoms with Crippen molar-refractivity contribution in [2.75, 3.05) is 6.61 Å². The summed E-state index contributed by atoms with van der Waals surface area (Å²) in [6.07, 6.45) is 0. The molecule has 0 aliphatic carbocycles. The van der Waals surface area contributed by atoms with E-state index in [4.69, 9.17) is 9.47 Å². The van der Waals surface area contributed by atoms with Gasteiger partial charge in [-0.25, -0.2) is 4.79 Å². The molecule has 1 aromatic heterocycles. The van der Waals surface area contributed by atoms with E-state index in [9.17, 15) is 9.59 Å². The van der Waals surface area contributed by atoms with Gasteiger partial charge in [-0.1, -0.05) is 46.3 Å². The molecule has 0 aliphatic heterocycles. The molecule has 2 aromatic carbocycles. The first-order valence-corrected chi connectivity index (χ1v) is 10.2. The Morgan fingerprint density at radius 1 is 1.04 bits per heavy atom. The molecule has 0 bridgehead atoms. The zero-order valence-corrected chi connectivity index (χ0v) is 17.3. The zero-order chi connectivity index (χ0) is 19.8. The molecule has 5 nitrogen and oxygen atoms in total. The number of hydrogen-bond donors (Lipinski definition) is 1. The number of esters is 1. The van der Waals surface area contributed by atoms with Gasteiger partial charge in [0.25, 0.3) is 5.91 Å². The van der Waals surface area contributed by atoms with Crippen molar-refractivity contribution in [3.8, 4) is 5.75 Å². The van der Waals surface area contributed by atoms with Gasteiger partial charge >= 0.3 is 5.97 Å². The predicted molar refractivity (Wildman–Crippen MR) is 111 cm³/mol. The smallest absolute Gasteiger partial charge is 0.342 e. The Morgan fingerprint density at radius 2 is 1.89 bits per heavy atom. The van der Waals surface area contributed by atoms with E-state index in [1.165, 1.54) is 0 Å². The molecule has 144 valence electrons. The molecule has 28 heavy (non-hydrogen) atoms. The van der Waals surface area contributed by atoms with Gasteiger partial charge in [-0.3, -0.25) is 4.79 Å². The van der Waals surface area contributed by atoms with Crippen molar-refractivity contribution in [3.05, 3.63) is 86.5 Å². The molecule has 3 rings (SSSR count). The van der Waals surface area contributed by atoms with E-state index in [0.717, 1.165) is 14.9 Å². The first kappa shape index (κ1) is 20.1. The van der Waals surface area contributed by atoms with E-state index in [-0.39, 0.29) is 18.1 Å². The molecule has 0 fully saturated rings. The Bertz CT molecular complexity index is 943. The standard InChI is InChI=1S/C21H18BrNO4S/c22-16-6-3-5-15(11-16)13-26-19-9-2-1-8-18(19)21(25)27-14-20(24)23-12-17-7-4-10-28-17/h1-11H,12-14H2,(H,23,24). The third-order valence-corrected chi connectivity index (χ3v) is 5.13. The Balaban J connectivity index is 1.54. The van der Waals surface area contributed by atoms with E-state index in [1.807, 2.05) is 41.8 Å². The van der Waals surface area contributed by atoms with Crippen LogP contribution in [0.15, 0.2) is 70.5 Å². The summed E-state index contributed by atoms with van der Waals surface area (Å²) in [5.74, 6) is -0.545. The molecule has 0 atom stereocenters. The van der Waals surface area contributed by atoms with Gasteiger partial charge < -0.3 is 14.8 Å². The highest BCUT2D eigenvalue weighted by Gasteiger charge is 2.15. The van der Waals surface area contributed by atoms with Gasteiger partial charge in [0.2, 0.25) is 0 Å². The fourth-order valence-corrected chi connectivity index (χ4v) is 3.50. The van der Waals surface area contributed by atoms with Crippen molar-refractivity contribution < 1.29 is 19.1 Å². The van der Waals surface area contributed by atoms with Crippen LogP contribution in [0, 0.1) is 0 Å². The number of ether oxygens (including phenoxy) is 2. The third kappa shape index (κ3) is 5.94. The summed E-state index contributed by atoms with van der Waals surface area (Å²) in [5.41, 5.74) is 1.24. The fraction of sp³-hybridized carbons (Fsp3) is 0.143. The van der Waals surface area contributed by atoms with Crippen LogP contribution in [0.25, 0.3) is 0 Å². The number of benzene rings is 2. The lowest BCUT2D eigenvalue weighted by atomic mass is 10.2. The molecule has 0 saturated carbocycles. The number of carbonyl (C=O) groups is 2. The lowest BCUT2D eigenvalue weighted by molar-refractivity contribution is -0.124. The van der Waals surface area contributed by atoms with E-state index in [2.05, 4.69) is 21.2 Å². The first-order valence-electron chi connectivity index (χ1n) is 8.54. The molecule has 1 N–H and O–H groups in total. The normalized spacial score (nSPS) is 10.3. The molecule has 1 heterocycles. The van der Waals surface area contributed by atoms with Crippen LogP contribution in [0.3, 0.4) is 0 Å². The summed E-state index contributed by atoms with van der Waals surface area (Å²) < 4.78 is 11.9. The average molecular weight is 460 g/mol. The second-order valence-electron chi connectivity index (χ2n) is 5.85. The van der Waals surface area contributed by atoms with Crippen LogP contribution in [0.4, 0.5) is 0 Å². The minimum Gasteiger partial charge on any atom is -0.488 e. The van der Waals surface area contributed by atoms with Crippen LogP contribution in [0.2, 0.25) is 0 Å². The van der Waals surface area contributed by atoms with Gasteiger partial charge in [0.05, 0.1) is 6.54 Å². The Kier molecular flexibility index (Phi) is 7.22. The predicted octanol–water partition coefficient (Wildman–Crippen LogP) is 4.56. The van der Waals surface area contributed by atoms with Crippen molar-refractivity contribution in [1.82, 2.24) is 5.32 Å². The number of rotatable bonds is 8. The van der Waals surface area contributed by atoms with Crippen LogP contribution in [-0.4, -0.2) is 18.5 Å². The molecule has 0 radical (unpaired) electrons. The molecule has 0 spiro atoms. The minimum absolute atomic E-state index is 0.281. The third-order valence-electron chi connectivity index (χ3n) is 3.76. The lowest BCUT2D eigenvalue weighted by Crippen LogP contribution is -2.28. The summed E-state index contributed by atoms with van der Waals surface area (Å²) >= 11 is 4.97. The fourth-order valence-electron chi connectivity index (χ4n) is 2.41. The van der Waals surface area contributed by atoms with Crippen molar-refractivity contribution in [2.45, 2.75) is 13.2 Å². The molecule has 1 amide bonds. The van der Waals surface area contributed by atoms with Crippen LogP contribution in [-0.2, 0) is 22.7 Å². The van der Waals surface area contributed by atoms with E-state index >= 15 is 0 Å². The van der Waals surface area contributed by atoms with Gasteiger partial charge in [-0.05, 0) is 41.3 Å². The summed E-state index contributed by atoms with van der Waals surface area (Å²) in [7, 11) is 0. The monoisotopic (exact) mass is 459 g/mol. The van der Waals surface area contributed by atoms with E-state index < -0.39 is 5.97 Å². The van der Waals surface area contributed by atoms with Crippen molar-refractivity contribution >= 4 is 39.1 Å². The van der Waals surface area contributed by atoms with E-state index in [0.29, 0.717) is 18.9 Å². The Morgan fingerprint density at radius 3 is 2.68 bits per heavy atom. The number of thiophene rings is 1. The summed E-state index contributed by atoms with van der Waals surface area (Å²) in [5, 5.41) is 4.65. The summed E-state index contributed by atoms with van der Waals surface area (Å²) in [4.78, 5) is 25.3. The minimum atomic E-state index is -0.601. The maximum Gasteiger partial charge on any atom is 0.342 e. The first-order chi connectivity index (χ1) is 13.6. The van der Waals surface area contributed by atoms with Gasteiger partial charge in [-0.2, -0.15) is 0 Å². The van der Waals surface area contributed by atoms with Crippen LogP contribution in [0.1, 0.15) is 20.8 Å². The number of amides is 1. The maximum atomic E-state index is 12.4. The number of carbonyl (C=O) groups excluding carboxylic acids is 2. The molecule has 0 unspecified atom stereocenters. The Hall–Kier alpha value is -2.64. The highest BCUT2D eigenvalue weighted by molar-refractivity contribution is 9.10. The lowest BCUT2D eigenvalue weighted by Gasteiger charge is -2.11. The molecule has 0 aliphatic rings. The average Bonchev–Trinajstić information content (AvgIpc) is 3.23. The van der Waals surface area contributed by atoms with Gasteiger partial charge in [-0.15, -0.1) is 11.3 Å². The zero-order valence-electron chi connectivity index (χ0n) is 14.9. The van der Waals surface area contributed by atoms with Crippen molar-refractivity contribution in [2.24, 2.45) is 0 Å². The number of nitrogens with one attached hydrogen (secondary N) is 1. The maximum absolute atomic E-state index is 12.4. The van der Waals surface area contributed by atoms with E-state index in [1.54, 1.807) is 35.6 Å². The number of hydrogen-bond acceptors (Lipinski definition) is 5. The topological polar surface area (TPSA) is 64.6 Å². The SMILES string of the molecule is O=C(COC(=O)c1ccccc1OCc1cccc(Br)c1)NCc1cccs1. The molecule has 0 saturated heterocycles. The highest BCUT2D eigenvalue weighted by Crippen LogP contribution is 2.21. The van der Waals surface area contributed by atoms with Crippen LogP contribution in [0.5, 0.6) is 5.75 Å². The van der Waals surface area contributed by atoms with Crippen LogP contribution < -0.4 is 10.1 Å². The molecule has 7 heteroatoms. The van der Waals surface area contributed by atoms with Gasteiger partial charge in [0.1, 0.15) is 17.9 Å². The quantitative estimate of drug-likeness (QED) is 0.501. The summed E-state index contributed by atoms with van der Waals surface area (Å²) in [6.45, 7) is 0.385. The largest absolute Gasteiger partial charge is 0.488 e. The van der Waals surface area contributed by atoms with Gasteiger partial charge in [0, 0.05) is 9.35 Å².